The first-order valence-electron chi connectivity index (χ1n) is 10.1. The van der Waals surface area contributed by atoms with Crippen LogP contribution in [0.4, 0.5) is 11.4 Å². The predicted molar refractivity (Wildman–Crippen MR) is 123 cm³/mol. The standard InChI is InChI=1S/C22H25N5O4S/c1-5-16-7-10-18(11-8-16)31-15(3)21-24-25-22(26(21)4)32-13-20(28)23-17-9-6-14(2)19(12-17)27(29)30/h6-12,15H,5,13H2,1-4H3,(H,23,28)/t15-/m0/s1. The molecule has 32 heavy (non-hydrogen) atoms. The van der Waals surface area contributed by atoms with Gasteiger partial charge in [0, 0.05) is 24.4 Å². The molecule has 0 saturated heterocycles. The fourth-order valence-corrected chi connectivity index (χ4v) is 3.80. The van der Waals surface area contributed by atoms with E-state index in [-0.39, 0.29) is 23.5 Å². The lowest BCUT2D eigenvalue weighted by Gasteiger charge is -2.14. The minimum atomic E-state index is -0.470. The number of hydrogen-bond acceptors (Lipinski definition) is 7. The Kier molecular flexibility index (Phi) is 7.47. The third-order valence-corrected chi connectivity index (χ3v) is 5.92. The average Bonchev–Trinajstić information content (AvgIpc) is 3.14. The van der Waals surface area contributed by atoms with Gasteiger partial charge in [-0.05, 0) is 44.0 Å². The Morgan fingerprint density at radius 3 is 2.62 bits per heavy atom. The highest BCUT2D eigenvalue weighted by Crippen LogP contribution is 2.25. The number of thioether (sulfide) groups is 1. The van der Waals surface area contributed by atoms with Gasteiger partial charge in [-0.15, -0.1) is 10.2 Å². The van der Waals surface area contributed by atoms with Crippen molar-refractivity contribution in [3.05, 3.63) is 69.5 Å². The van der Waals surface area contributed by atoms with E-state index in [1.165, 1.54) is 23.4 Å². The molecule has 1 atom stereocenters. The number of anilines is 1. The smallest absolute Gasteiger partial charge is 0.274 e. The molecule has 1 amide bonds. The van der Waals surface area contributed by atoms with Crippen molar-refractivity contribution in [2.75, 3.05) is 11.1 Å². The van der Waals surface area contributed by atoms with E-state index in [4.69, 9.17) is 4.74 Å². The van der Waals surface area contributed by atoms with Gasteiger partial charge in [0.25, 0.3) is 5.69 Å². The molecule has 0 bridgehead atoms. The molecule has 0 aliphatic carbocycles. The lowest BCUT2D eigenvalue weighted by Crippen LogP contribution is -2.15. The van der Waals surface area contributed by atoms with E-state index in [9.17, 15) is 14.9 Å². The number of carbonyl (C=O) groups is 1. The summed E-state index contributed by atoms with van der Waals surface area (Å²) in [6, 6.07) is 12.5. The highest BCUT2D eigenvalue weighted by Gasteiger charge is 2.18. The van der Waals surface area contributed by atoms with Crippen molar-refractivity contribution >= 4 is 29.0 Å². The summed E-state index contributed by atoms with van der Waals surface area (Å²) in [5, 5.41) is 22.7. The second-order valence-corrected chi connectivity index (χ2v) is 8.20. The Bertz CT molecular complexity index is 1110. The van der Waals surface area contributed by atoms with Crippen molar-refractivity contribution in [2.45, 2.75) is 38.5 Å². The van der Waals surface area contributed by atoms with Gasteiger partial charge in [-0.3, -0.25) is 14.9 Å². The van der Waals surface area contributed by atoms with Gasteiger partial charge in [0.15, 0.2) is 17.1 Å². The number of nitro benzene ring substituents is 1. The summed E-state index contributed by atoms with van der Waals surface area (Å²) in [5.41, 5.74) is 2.11. The number of hydrogen-bond donors (Lipinski definition) is 1. The molecule has 0 fully saturated rings. The van der Waals surface area contributed by atoms with E-state index >= 15 is 0 Å². The first-order chi connectivity index (χ1) is 15.3. The van der Waals surface area contributed by atoms with Crippen LogP contribution in [-0.4, -0.2) is 31.3 Å². The number of amides is 1. The number of ether oxygens (including phenoxy) is 1. The van der Waals surface area contributed by atoms with Gasteiger partial charge < -0.3 is 14.6 Å². The molecule has 0 saturated carbocycles. The monoisotopic (exact) mass is 455 g/mol. The summed E-state index contributed by atoms with van der Waals surface area (Å²) < 4.78 is 7.76. The molecule has 0 unspecified atom stereocenters. The average molecular weight is 456 g/mol. The molecular formula is C22H25N5O4S. The van der Waals surface area contributed by atoms with Crippen LogP contribution in [0.2, 0.25) is 0 Å². The van der Waals surface area contributed by atoms with Crippen molar-refractivity contribution in [3.63, 3.8) is 0 Å². The minimum absolute atomic E-state index is 0.0354. The third kappa shape index (κ3) is 5.64. The summed E-state index contributed by atoms with van der Waals surface area (Å²) in [6.45, 7) is 5.64. The molecule has 168 valence electrons. The van der Waals surface area contributed by atoms with E-state index in [1.54, 1.807) is 23.6 Å². The minimum Gasteiger partial charge on any atom is -0.483 e. The molecular weight excluding hydrogens is 430 g/mol. The Morgan fingerprint density at radius 1 is 1.25 bits per heavy atom. The SMILES string of the molecule is CCc1ccc(O[C@@H](C)c2nnc(SCC(=O)Nc3ccc(C)c([N+](=O)[O-])c3)n2C)cc1. The number of benzene rings is 2. The van der Waals surface area contributed by atoms with E-state index in [0.29, 0.717) is 22.2 Å². The van der Waals surface area contributed by atoms with Crippen LogP contribution in [0.1, 0.15) is 36.9 Å². The van der Waals surface area contributed by atoms with Crippen LogP contribution < -0.4 is 10.1 Å². The molecule has 1 heterocycles. The molecule has 9 nitrogen and oxygen atoms in total. The van der Waals surface area contributed by atoms with Crippen LogP contribution in [0.15, 0.2) is 47.6 Å². The maximum Gasteiger partial charge on any atom is 0.274 e. The van der Waals surface area contributed by atoms with Crippen molar-refractivity contribution < 1.29 is 14.5 Å². The molecule has 3 rings (SSSR count). The van der Waals surface area contributed by atoms with Crippen molar-refractivity contribution in [2.24, 2.45) is 7.05 Å². The molecule has 2 aromatic carbocycles. The normalized spacial score (nSPS) is 11.8. The van der Waals surface area contributed by atoms with Gasteiger partial charge in [-0.2, -0.15) is 0 Å². The van der Waals surface area contributed by atoms with Crippen molar-refractivity contribution in [1.82, 2.24) is 14.8 Å². The summed E-state index contributed by atoms with van der Waals surface area (Å²) >= 11 is 1.23. The van der Waals surface area contributed by atoms with Gasteiger partial charge in [0.1, 0.15) is 5.75 Å². The predicted octanol–water partition coefficient (Wildman–Crippen LogP) is 4.46. The molecule has 0 aliphatic rings. The molecule has 0 spiro atoms. The maximum atomic E-state index is 12.3. The fourth-order valence-electron chi connectivity index (χ4n) is 3.08. The molecule has 10 heteroatoms. The quantitative estimate of drug-likeness (QED) is 0.288. The first kappa shape index (κ1) is 23.3. The molecule has 0 radical (unpaired) electrons. The summed E-state index contributed by atoms with van der Waals surface area (Å²) in [7, 11) is 1.82. The van der Waals surface area contributed by atoms with E-state index in [2.05, 4.69) is 22.4 Å². The maximum absolute atomic E-state index is 12.3. The Balaban J connectivity index is 1.58. The number of carbonyl (C=O) groups excluding carboxylic acids is 1. The zero-order valence-electron chi connectivity index (χ0n) is 18.4. The third-order valence-electron chi connectivity index (χ3n) is 4.90. The van der Waals surface area contributed by atoms with Gasteiger partial charge >= 0.3 is 0 Å². The Hall–Kier alpha value is -3.40. The number of nitrogens with zero attached hydrogens (tertiary/aromatic N) is 4. The highest BCUT2D eigenvalue weighted by atomic mass is 32.2. The van der Waals surface area contributed by atoms with Crippen LogP contribution in [0, 0.1) is 17.0 Å². The highest BCUT2D eigenvalue weighted by molar-refractivity contribution is 7.99. The topological polar surface area (TPSA) is 112 Å². The summed E-state index contributed by atoms with van der Waals surface area (Å²) in [6.07, 6.45) is 0.643. The number of rotatable bonds is 9. The number of nitro groups is 1. The van der Waals surface area contributed by atoms with Gasteiger partial charge in [-0.25, -0.2) is 0 Å². The largest absolute Gasteiger partial charge is 0.483 e. The first-order valence-corrected chi connectivity index (χ1v) is 11.1. The van der Waals surface area contributed by atoms with Crippen molar-refractivity contribution in [3.8, 4) is 5.75 Å². The van der Waals surface area contributed by atoms with Crippen LogP contribution in [0.3, 0.4) is 0 Å². The number of aromatic nitrogens is 3. The summed E-state index contributed by atoms with van der Waals surface area (Å²) in [5.74, 6) is 1.18. The second kappa shape index (κ2) is 10.3. The lowest BCUT2D eigenvalue weighted by atomic mass is 10.2. The Labute approximate surface area is 190 Å². The summed E-state index contributed by atoms with van der Waals surface area (Å²) in [4.78, 5) is 22.9. The molecule has 0 aliphatic heterocycles. The van der Waals surface area contributed by atoms with E-state index in [0.717, 1.165) is 12.2 Å². The molecule has 1 aromatic heterocycles. The van der Waals surface area contributed by atoms with E-state index < -0.39 is 4.92 Å². The molecule has 1 N–H and O–H groups in total. The molecule has 3 aromatic rings. The van der Waals surface area contributed by atoms with Crippen LogP contribution in [-0.2, 0) is 18.3 Å². The van der Waals surface area contributed by atoms with Gasteiger partial charge in [0.05, 0.1) is 10.7 Å². The van der Waals surface area contributed by atoms with Crippen LogP contribution >= 0.6 is 11.8 Å². The fraction of sp³-hybridized carbons (Fsp3) is 0.318. The zero-order chi connectivity index (χ0) is 23.3. The van der Waals surface area contributed by atoms with Crippen LogP contribution in [0.25, 0.3) is 0 Å². The lowest BCUT2D eigenvalue weighted by molar-refractivity contribution is -0.385. The zero-order valence-corrected chi connectivity index (χ0v) is 19.2. The Morgan fingerprint density at radius 2 is 1.97 bits per heavy atom. The van der Waals surface area contributed by atoms with E-state index in [1.807, 2.05) is 38.2 Å². The number of aryl methyl sites for hydroxylation is 2. The van der Waals surface area contributed by atoms with Crippen molar-refractivity contribution in [1.29, 1.82) is 0 Å². The van der Waals surface area contributed by atoms with Gasteiger partial charge in [-0.1, -0.05) is 36.9 Å². The van der Waals surface area contributed by atoms with Gasteiger partial charge in [0.2, 0.25) is 5.91 Å². The van der Waals surface area contributed by atoms with Crippen LogP contribution in [0.5, 0.6) is 5.75 Å². The second-order valence-electron chi connectivity index (χ2n) is 7.25. The number of nitrogens with one attached hydrogen (secondary N) is 1.